The topological polar surface area (TPSA) is 76.4 Å². The van der Waals surface area contributed by atoms with Crippen LogP contribution < -0.4 is 16.4 Å². The van der Waals surface area contributed by atoms with Crippen LogP contribution in [-0.2, 0) is 9.53 Å². The summed E-state index contributed by atoms with van der Waals surface area (Å²) in [6.45, 7) is 2.68. The molecule has 5 nitrogen and oxygen atoms in total. The number of nitrogens with one attached hydrogen (secondary N) is 2. The Bertz CT molecular complexity index is 119. The van der Waals surface area contributed by atoms with Gasteiger partial charge in [-0.05, 0) is 7.05 Å². The molecule has 0 fully saturated rings. The molecule has 0 radical (unpaired) electrons. The van der Waals surface area contributed by atoms with Gasteiger partial charge in [-0.25, -0.2) is 0 Å². The third kappa shape index (κ3) is 7.46. The largest absolute Gasteiger partial charge is 0.463 e. The van der Waals surface area contributed by atoms with Crippen LogP contribution in [0.3, 0.4) is 0 Å². The van der Waals surface area contributed by atoms with Crippen molar-refractivity contribution >= 4 is 5.97 Å². The first-order valence-electron chi connectivity index (χ1n) is 4.02. The molecule has 0 aliphatic carbocycles. The molecule has 0 saturated heterocycles. The molecule has 0 aromatic rings. The van der Waals surface area contributed by atoms with E-state index in [9.17, 15) is 4.79 Å². The van der Waals surface area contributed by atoms with E-state index in [1.54, 1.807) is 7.05 Å². The fourth-order valence-electron chi connectivity index (χ4n) is 0.659. The lowest BCUT2D eigenvalue weighted by Gasteiger charge is -2.04. The first-order valence-corrected chi connectivity index (χ1v) is 4.02. The predicted octanol–water partition coefficient (Wildman–Crippen LogP) is -1.70. The number of nitrogens with two attached hydrogens (primary N) is 1. The van der Waals surface area contributed by atoms with E-state index in [0.717, 1.165) is 6.54 Å². The Hall–Kier alpha value is -0.650. The van der Waals surface area contributed by atoms with Crippen LogP contribution in [0.15, 0.2) is 0 Å². The molecule has 0 spiro atoms. The summed E-state index contributed by atoms with van der Waals surface area (Å²) in [6, 6.07) is 0. The predicted molar refractivity (Wildman–Crippen MR) is 46.8 cm³/mol. The quantitative estimate of drug-likeness (QED) is 0.317. The van der Waals surface area contributed by atoms with Crippen LogP contribution >= 0.6 is 0 Å². The molecule has 0 aromatic heterocycles. The molecule has 0 rings (SSSR count). The second-order valence-electron chi connectivity index (χ2n) is 2.29. The summed E-state index contributed by atoms with van der Waals surface area (Å²) in [5.41, 5.74) is 5.24. The van der Waals surface area contributed by atoms with Crippen LogP contribution in [0.2, 0.25) is 0 Å². The van der Waals surface area contributed by atoms with E-state index in [-0.39, 0.29) is 12.5 Å². The summed E-state index contributed by atoms with van der Waals surface area (Å²) in [4.78, 5) is 10.7. The third-order valence-electron chi connectivity index (χ3n) is 1.18. The van der Waals surface area contributed by atoms with Gasteiger partial charge in [-0.1, -0.05) is 0 Å². The average molecular weight is 175 g/mol. The van der Waals surface area contributed by atoms with Gasteiger partial charge in [0, 0.05) is 19.6 Å². The molecule has 0 saturated carbocycles. The number of likely N-dealkylation sites (N-methyl/N-ethyl adjacent to an activating group) is 1. The number of esters is 1. The second kappa shape index (κ2) is 8.45. The van der Waals surface area contributed by atoms with Gasteiger partial charge in [-0.2, -0.15) is 0 Å². The van der Waals surface area contributed by atoms with Crippen LogP contribution in [0.4, 0.5) is 0 Å². The molecule has 0 atom stereocenters. The zero-order valence-corrected chi connectivity index (χ0v) is 7.43. The van der Waals surface area contributed by atoms with E-state index in [4.69, 9.17) is 10.5 Å². The molecular formula is C7H17N3O2. The Morgan fingerprint density at radius 1 is 1.50 bits per heavy atom. The molecule has 0 unspecified atom stereocenters. The molecule has 72 valence electrons. The smallest absolute Gasteiger partial charge is 0.319 e. The minimum atomic E-state index is -0.230. The molecule has 0 amide bonds. The zero-order valence-electron chi connectivity index (χ0n) is 7.43. The highest BCUT2D eigenvalue weighted by atomic mass is 16.5. The number of rotatable bonds is 7. The van der Waals surface area contributed by atoms with Crippen LogP contribution in [-0.4, -0.2) is 45.8 Å². The first kappa shape index (κ1) is 11.4. The molecular weight excluding hydrogens is 158 g/mol. The summed E-state index contributed by atoms with van der Waals surface area (Å²) in [7, 11) is 1.70. The number of ether oxygens (including phenoxy) is 1. The molecule has 0 aromatic carbocycles. The minimum Gasteiger partial charge on any atom is -0.463 e. The van der Waals surface area contributed by atoms with Crippen molar-refractivity contribution in [3.63, 3.8) is 0 Å². The van der Waals surface area contributed by atoms with Gasteiger partial charge in [0.25, 0.3) is 0 Å². The number of hydrogen-bond donors (Lipinski definition) is 3. The van der Waals surface area contributed by atoms with Crippen LogP contribution in [0.25, 0.3) is 0 Å². The normalized spacial score (nSPS) is 9.83. The molecule has 0 bridgehead atoms. The van der Waals surface area contributed by atoms with Crippen molar-refractivity contribution < 1.29 is 9.53 Å². The Balaban J connectivity index is 3.03. The molecule has 0 heterocycles. The SMILES string of the molecule is CNCC(=O)OCCNCCN. The summed E-state index contributed by atoms with van der Waals surface area (Å²) in [5.74, 6) is -0.230. The molecule has 4 N–H and O–H groups in total. The van der Waals surface area contributed by atoms with Crippen LogP contribution in [0, 0.1) is 0 Å². The van der Waals surface area contributed by atoms with E-state index < -0.39 is 0 Å². The lowest BCUT2D eigenvalue weighted by Crippen LogP contribution is -2.28. The van der Waals surface area contributed by atoms with E-state index >= 15 is 0 Å². The fourth-order valence-corrected chi connectivity index (χ4v) is 0.659. The van der Waals surface area contributed by atoms with Gasteiger partial charge >= 0.3 is 5.97 Å². The van der Waals surface area contributed by atoms with E-state index in [0.29, 0.717) is 19.7 Å². The van der Waals surface area contributed by atoms with Gasteiger partial charge in [0.2, 0.25) is 0 Å². The van der Waals surface area contributed by atoms with Crippen molar-refractivity contribution in [2.24, 2.45) is 5.73 Å². The summed E-state index contributed by atoms with van der Waals surface area (Å²) < 4.78 is 4.82. The summed E-state index contributed by atoms with van der Waals surface area (Å²) >= 11 is 0. The van der Waals surface area contributed by atoms with Gasteiger partial charge in [-0.3, -0.25) is 4.79 Å². The van der Waals surface area contributed by atoms with Crippen LogP contribution in [0.1, 0.15) is 0 Å². The Labute approximate surface area is 72.6 Å². The standard InChI is InChI=1S/C7H17N3O2/c1-9-6-7(11)12-5-4-10-3-2-8/h9-10H,2-6,8H2,1H3. The molecule has 0 aliphatic rings. The average Bonchev–Trinajstić information content (AvgIpc) is 2.05. The van der Waals surface area contributed by atoms with E-state index in [2.05, 4.69) is 10.6 Å². The van der Waals surface area contributed by atoms with Gasteiger partial charge < -0.3 is 21.1 Å². The highest BCUT2D eigenvalue weighted by Gasteiger charge is 1.98. The fraction of sp³-hybridized carbons (Fsp3) is 0.857. The molecule has 12 heavy (non-hydrogen) atoms. The second-order valence-corrected chi connectivity index (χ2v) is 2.29. The first-order chi connectivity index (χ1) is 5.81. The number of carbonyl (C=O) groups is 1. The van der Waals surface area contributed by atoms with E-state index in [1.165, 1.54) is 0 Å². The van der Waals surface area contributed by atoms with Gasteiger partial charge in [0.15, 0.2) is 0 Å². The highest BCUT2D eigenvalue weighted by molar-refractivity contribution is 5.71. The number of hydrogen-bond acceptors (Lipinski definition) is 5. The van der Waals surface area contributed by atoms with Gasteiger partial charge in [-0.15, -0.1) is 0 Å². The van der Waals surface area contributed by atoms with Gasteiger partial charge in [0.05, 0.1) is 6.54 Å². The van der Waals surface area contributed by atoms with Crippen LogP contribution in [0.5, 0.6) is 0 Å². The monoisotopic (exact) mass is 175 g/mol. The molecule has 0 aliphatic heterocycles. The zero-order chi connectivity index (χ0) is 9.23. The Morgan fingerprint density at radius 2 is 2.25 bits per heavy atom. The lowest BCUT2D eigenvalue weighted by molar-refractivity contribution is -0.142. The summed E-state index contributed by atoms with van der Waals surface area (Å²) in [6.07, 6.45) is 0. The maximum atomic E-state index is 10.7. The maximum absolute atomic E-state index is 10.7. The van der Waals surface area contributed by atoms with Crippen molar-refractivity contribution in [3.8, 4) is 0 Å². The molecule has 5 heteroatoms. The Morgan fingerprint density at radius 3 is 2.83 bits per heavy atom. The minimum absolute atomic E-state index is 0.230. The maximum Gasteiger partial charge on any atom is 0.319 e. The summed E-state index contributed by atoms with van der Waals surface area (Å²) in [5, 5.41) is 5.71. The van der Waals surface area contributed by atoms with Crippen molar-refractivity contribution in [3.05, 3.63) is 0 Å². The third-order valence-corrected chi connectivity index (χ3v) is 1.18. The van der Waals surface area contributed by atoms with Crippen molar-refractivity contribution in [1.29, 1.82) is 0 Å². The number of carbonyl (C=O) groups excluding carboxylic acids is 1. The van der Waals surface area contributed by atoms with Gasteiger partial charge in [0.1, 0.15) is 6.61 Å². The van der Waals surface area contributed by atoms with Crippen molar-refractivity contribution in [2.75, 3.05) is 39.8 Å². The highest BCUT2D eigenvalue weighted by Crippen LogP contribution is 1.74. The van der Waals surface area contributed by atoms with Crippen molar-refractivity contribution in [2.45, 2.75) is 0 Å². The van der Waals surface area contributed by atoms with E-state index in [1.807, 2.05) is 0 Å². The lowest BCUT2D eigenvalue weighted by atomic mass is 10.6. The Kier molecular flexibility index (Phi) is 7.99. The van der Waals surface area contributed by atoms with Crippen molar-refractivity contribution in [1.82, 2.24) is 10.6 Å².